The highest BCUT2D eigenvalue weighted by Gasteiger charge is 2.24. The van der Waals surface area contributed by atoms with Crippen LogP contribution in [0, 0.1) is 0 Å². The SMILES string of the molecule is O=C1NC[C@@H](COC(=O)OCCOCCOCCOCCOCCOCCOCCOCCOCCO)O1. The second kappa shape index (κ2) is 26.8. The van der Waals surface area contributed by atoms with E-state index >= 15 is 0 Å². The molecule has 1 heterocycles. The molecule has 15 nitrogen and oxygen atoms in total. The maximum atomic E-state index is 11.4. The van der Waals surface area contributed by atoms with Crippen molar-refractivity contribution in [3.63, 3.8) is 0 Å². The number of nitrogens with one attached hydrogen (secondary N) is 1. The summed E-state index contributed by atoms with van der Waals surface area (Å²) in [7, 11) is 0. The summed E-state index contributed by atoms with van der Waals surface area (Å²) in [6.45, 7) is 7.21. The number of carbonyl (C=O) groups is 2. The summed E-state index contributed by atoms with van der Waals surface area (Å²) >= 11 is 0. The van der Waals surface area contributed by atoms with Crippen LogP contribution < -0.4 is 5.32 Å². The van der Waals surface area contributed by atoms with E-state index in [1.54, 1.807) is 0 Å². The summed E-state index contributed by atoms with van der Waals surface area (Å²) in [5, 5.41) is 11.0. The van der Waals surface area contributed by atoms with Crippen LogP contribution in [0.3, 0.4) is 0 Å². The predicted octanol–water partition coefficient (Wildman–Crippen LogP) is -0.627. The lowest BCUT2D eigenvalue weighted by Crippen LogP contribution is -2.23. The fraction of sp³-hybridized carbons (Fsp3) is 0.913. The molecule has 0 spiro atoms. The van der Waals surface area contributed by atoms with E-state index in [1.807, 2.05) is 0 Å². The third-order valence-electron chi connectivity index (χ3n) is 4.42. The highest BCUT2D eigenvalue weighted by molar-refractivity contribution is 5.69. The van der Waals surface area contributed by atoms with Crippen molar-refractivity contribution < 1.29 is 66.8 Å². The Kier molecular flexibility index (Phi) is 24.1. The summed E-state index contributed by atoms with van der Waals surface area (Å²) in [6.07, 6.45) is -1.87. The first kappa shape index (κ1) is 34.2. The van der Waals surface area contributed by atoms with Crippen LogP contribution in [0.4, 0.5) is 9.59 Å². The molecule has 0 unspecified atom stereocenters. The van der Waals surface area contributed by atoms with Gasteiger partial charge in [-0.2, -0.15) is 0 Å². The van der Waals surface area contributed by atoms with E-state index in [0.29, 0.717) is 106 Å². The van der Waals surface area contributed by atoms with Crippen LogP contribution in [-0.2, 0) is 52.1 Å². The topological polar surface area (TPSA) is 168 Å². The van der Waals surface area contributed by atoms with E-state index in [2.05, 4.69) is 5.32 Å². The molecule has 1 fully saturated rings. The first-order valence-corrected chi connectivity index (χ1v) is 12.7. The number of carbonyl (C=O) groups excluding carboxylic acids is 2. The van der Waals surface area contributed by atoms with Crippen LogP contribution in [0.5, 0.6) is 0 Å². The molecule has 2 N–H and O–H groups in total. The fourth-order valence-electron chi connectivity index (χ4n) is 2.62. The molecular formula is C23H43NO14. The van der Waals surface area contributed by atoms with Gasteiger partial charge in [0.15, 0.2) is 6.10 Å². The van der Waals surface area contributed by atoms with Gasteiger partial charge in [-0.1, -0.05) is 0 Å². The lowest BCUT2D eigenvalue weighted by molar-refractivity contribution is -0.0259. The first-order chi connectivity index (χ1) is 18.7. The Bertz CT molecular complexity index is 556. The van der Waals surface area contributed by atoms with Gasteiger partial charge in [0.1, 0.15) is 13.2 Å². The zero-order valence-corrected chi connectivity index (χ0v) is 22.0. The van der Waals surface area contributed by atoms with E-state index in [-0.39, 0.29) is 26.4 Å². The Labute approximate surface area is 223 Å². The van der Waals surface area contributed by atoms with Gasteiger partial charge in [-0.15, -0.1) is 0 Å². The minimum absolute atomic E-state index is 0.0161. The number of hydrogen-bond donors (Lipinski definition) is 2. The molecule has 15 heteroatoms. The summed E-state index contributed by atoms with van der Waals surface area (Å²) < 4.78 is 57.1. The zero-order chi connectivity index (χ0) is 27.4. The van der Waals surface area contributed by atoms with E-state index in [0.717, 1.165) is 0 Å². The van der Waals surface area contributed by atoms with Crippen LogP contribution in [-0.4, -0.2) is 156 Å². The Hall–Kier alpha value is -1.82. The third-order valence-corrected chi connectivity index (χ3v) is 4.42. The average molecular weight is 558 g/mol. The number of cyclic esters (lactones) is 1. The van der Waals surface area contributed by atoms with Crippen molar-refractivity contribution in [1.29, 1.82) is 0 Å². The van der Waals surface area contributed by atoms with Gasteiger partial charge >= 0.3 is 12.2 Å². The monoisotopic (exact) mass is 557 g/mol. The van der Waals surface area contributed by atoms with Crippen molar-refractivity contribution in [2.24, 2.45) is 0 Å². The van der Waals surface area contributed by atoms with Gasteiger partial charge in [0, 0.05) is 0 Å². The highest BCUT2D eigenvalue weighted by Crippen LogP contribution is 2.01. The molecule has 1 atom stereocenters. The molecule has 0 bridgehead atoms. The molecule has 224 valence electrons. The lowest BCUT2D eigenvalue weighted by Gasteiger charge is -2.10. The maximum absolute atomic E-state index is 11.4. The number of hydrogen-bond acceptors (Lipinski definition) is 14. The minimum atomic E-state index is -0.844. The predicted molar refractivity (Wildman–Crippen MR) is 129 cm³/mol. The van der Waals surface area contributed by atoms with Crippen LogP contribution >= 0.6 is 0 Å². The molecular weight excluding hydrogens is 514 g/mol. The van der Waals surface area contributed by atoms with Gasteiger partial charge in [-0.3, -0.25) is 0 Å². The van der Waals surface area contributed by atoms with Gasteiger partial charge in [-0.25, -0.2) is 9.59 Å². The summed E-state index contributed by atoms with van der Waals surface area (Å²) in [4.78, 5) is 22.2. The Morgan fingerprint density at radius 1 is 0.632 bits per heavy atom. The van der Waals surface area contributed by atoms with Gasteiger partial charge in [0.2, 0.25) is 0 Å². The maximum Gasteiger partial charge on any atom is 0.508 e. The molecule has 1 aliphatic heterocycles. The summed E-state index contributed by atoms with van der Waals surface area (Å²) in [5.74, 6) is 0. The van der Waals surface area contributed by atoms with Crippen LogP contribution in [0.2, 0.25) is 0 Å². The normalized spacial score (nSPS) is 14.9. The molecule has 0 saturated carbocycles. The summed E-state index contributed by atoms with van der Waals surface area (Å²) in [5.41, 5.74) is 0. The largest absolute Gasteiger partial charge is 0.508 e. The number of aliphatic hydroxyl groups is 1. The fourth-order valence-corrected chi connectivity index (χ4v) is 2.62. The molecule has 0 aromatic rings. The molecule has 1 amide bonds. The van der Waals surface area contributed by atoms with Gasteiger partial charge in [-0.05, 0) is 0 Å². The number of aliphatic hydroxyl groups excluding tert-OH is 1. The molecule has 38 heavy (non-hydrogen) atoms. The van der Waals surface area contributed by atoms with E-state index in [4.69, 9.17) is 57.2 Å². The molecule has 0 aliphatic carbocycles. The number of amides is 1. The average Bonchev–Trinajstić information content (AvgIpc) is 3.34. The van der Waals surface area contributed by atoms with Crippen molar-refractivity contribution in [1.82, 2.24) is 5.32 Å². The second-order valence-electron chi connectivity index (χ2n) is 7.44. The standard InChI is InChI=1S/C23H43NO14/c25-1-2-28-3-4-29-5-6-30-7-8-31-9-10-32-11-12-33-13-14-34-15-16-35-17-18-36-23(27)37-20-21-19-24-22(26)38-21/h21,25H,1-20H2,(H,24,26)/t21-/m0/s1. The summed E-state index contributed by atoms with van der Waals surface area (Å²) in [6, 6.07) is 0. The molecule has 1 rings (SSSR count). The van der Waals surface area contributed by atoms with Gasteiger partial charge < -0.3 is 62.5 Å². The van der Waals surface area contributed by atoms with Crippen LogP contribution in [0.1, 0.15) is 0 Å². The Balaban J connectivity index is 1.65. The zero-order valence-electron chi connectivity index (χ0n) is 22.0. The number of rotatable bonds is 28. The highest BCUT2D eigenvalue weighted by atomic mass is 16.7. The quantitative estimate of drug-likeness (QED) is 0.0921. The number of ether oxygens (including phenoxy) is 11. The molecule has 1 saturated heterocycles. The van der Waals surface area contributed by atoms with Crippen LogP contribution in [0.15, 0.2) is 0 Å². The van der Waals surface area contributed by atoms with E-state index in [1.165, 1.54) is 0 Å². The van der Waals surface area contributed by atoms with E-state index < -0.39 is 18.4 Å². The molecule has 0 aromatic carbocycles. The van der Waals surface area contributed by atoms with Crippen molar-refractivity contribution in [2.45, 2.75) is 6.10 Å². The van der Waals surface area contributed by atoms with Gasteiger partial charge in [0.05, 0.1) is 119 Å². The van der Waals surface area contributed by atoms with E-state index in [9.17, 15) is 9.59 Å². The van der Waals surface area contributed by atoms with Crippen molar-refractivity contribution in [2.75, 3.05) is 132 Å². The van der Waals surface area contributed by atoms with Crippen molar-refractivity contribution >= 4 is 12.2 Å². The van der Waals surface area contributed by atoms with Crippen LogP contribution in [0.25, 0.3) is 0 Å². The van der Waals surface area contributed by atoms with Gasteiger partial charge in [0.25, 0.3) is 0 Å². The first-order valence-electron chi connectivity index (χ1n) is 12.7. The van der Waals surface area contributed by atoms with Crippen molar-refractivity contribution in [3.05, 3.63) is 0 Å². The Morgan fingerprint density at radius 3 is 1.34 bits per heavy atom. The minimum Gasteiger partial charge on any atom is -0.441 e. The smallest absolute Gasteiger partial charge is 0.441 e. The molecule has 0 radical (unpaired) electrons. The Morgan fingerprint density at radius 2 is 1.00 bits per heavy atom. The van der Waals surface area contributed by atoms with Crippen molar-refractivity contribution in [3.8, 4) is 0 Å². The molecule has 1 aliphatic rings. The lowest BCUT2D eigenvalue weighted by atomic mass is 10.4. The third kappa shape index (κ3) is 23.3. The molecule has 0 aromatic heterocycles. The number of alkyl carbamates (subject to hydrolysis) is 1. The second-order valence-corrected chi connectivity index (χ2v) is 7.44.